The van der Waals surface area contributed by atoms with Gasteiger partial charge in [-0.1, -0.05) is 13.8 Å². The molecule has 1 aromatic rings. The summed E-state index contributed by atoms with van der Waals surface area (Å²) >= 11 is 1.80. The third-order valence-corrected chi connectivity index (χ3v) is 4.89. The Hall–Kier alpha value is -0.450. The lowest BCUT2D eigenvalue weighted by Crippen LogP contribution is -2.23. The molecule has 0 aliphatic carbocycles. The molecule has 0 radical (unpaired) electrons. The third-order valence-electron chi connectivity index (χ3n) is 3.63. The average molecular weight is 283 g/mol. The van der Waals surface area contributed by atoms with Crippen molar-refractivity contribution in [2.24, 2.45) is 11.1 Å². The summed E-state index contributed by atoms with van der Waals surface area (Å²) in [6.07, 6.45) is 3.54. The van der Waals surface area contributed by atoms with Gasteiger partial charge in [-0.15, -0.1) is 11.3 Å². The minimum absolute atomic E-state index is 0.372. The minimum atomic E-state index is 0.372. The Morgan fingerprint density at radius 3 is 2.53 bits per heavy atom. The first-order valence-corrected chi connectivity index (χ1v) is 8.05. The molecule has 0 bridgehead atoms. The van der Waals surface area contributed by atoms with Gasteiger partial charge in [0.05, 0.1) is 10.7 Å². The van der Waals surface area contributed by atoms with E-state index in [9.17, 15) is 0 Å². The van der Waals surface area contributed by atoms with Crippen molar-refractivity contribution in [1.82, 2.24) is 10.3 Å². The zero-order valence-corrected chi connectivity index (χ0v) is 13.9. The maximum Gasteiger partial charge on any atom is 0.0900 e. The lowest BCUT2D eigenvalue weighted by atomic mass is 9.84. The number of rotatable bonds is 8. The van der Waals surface area contributed by atoms with Gasteiger partial charge in [-0.2, -0.15) is 0 Å². The summed E-state index contributed by atoms with van der Waals surface area (Å²) in [7, 11) is 0. The number of aryl methyl sites for hydroxylation is 2. The van der Waals surface area contributed by atoms with Gasteiger partial charge in [0, 0.05) is 10.9 Å². The second-order valence-corrected chi connectivity index (χ2v) is 7.40. The molecule has 0 amide bonds. The van der Waals surface area contributed by atoms with Gasteiger partial charge in [0.1, 0.15) is 0 Å². The van der Waals surface area contributed by atoms with E-state index in [0.717, 1.165) is 24.5 Å². The Morgan fingerprint density at radius 1 is 1.32 bits per heavy atom. The van der Waals surface area contributed by atoms with Crippen molar-refractivity contribution in [2.45, 2.75) is 59.9 Å². The van der Waals surface area contributed by atoms with Crippen LogP contribution in [0.2, 0.25) is 0 Å². The van der Waals surface area contributed by atoms with E-state index in [1.807, 2.05) is 0 Å². The van der Waals surface area contributed by atoms with Crippen LogP contribution in [0, 0.1) is 19.3 Å². The summed E-state index contributed by atoms with van der Waals surface area (Å²) in [6, 6.07) is 0.406. The van der Waals surface area contributed by atoms with Gasteiger partial charge in [0.2, 0.25) is 0 Å². The van der Waals surface area contributed by atoms with Gasteiger partial charge in [0.15, 0.2) is 0 Å². The normalized spacial score (nSPS) is 13.8. The van der Waals surface area contributed by atoms with Crippen molar-refractivity contribution >= 4 is 11.3 Å². The number of nitrogens with two attached hydrogens (primary N) is 1. The number of hydrogen-bond acceptors (Lipinski definition) is 4. The Labute approximate surface area is 122 Å². The van der Waals surface area contributed by atoms with Crippen molar-refractivity contribution in [1.29, 1.82) is 0 Å². The fourth-order valence-electron chi connectivity index (χ4n) is 2.44. The molecule has 0 saturated carbocycles. The molecular formula is C15H29N3S. The summed E-state index contributed by atoms with van der Waals surface area (Å²) < 4.78 is 0. The highest BCUT2D eigenvalue weighted by Crippen LogP contribution is 2.27. The fraction of sp³-hybridized carbons (Fsp3) is 0.800. The zero-order valence-electron chi connectivity index (χ0n) is 13.0. The van der Waals surface area contributed by atoms with Crippen LogP contribution in [0.1, 0.15) is 61.7 Å². The van der Waals surface area contributed by atoms with Crippen molar-refractivity contribution < 1.29 is 0 Å². The highest BCUT2D eigenvalue weighted by Gasteiger charge is 2.17. The summed E-state index contributed by atoms with van der Waals surface area (Å²) in [6.45, 7) is 12.9. The van der Waals surface area contributed by atoms with Crippen molar-refractivity contribution in [3.63, 3.8) is 0 Å². The Balaban J connectivity index is 2.32. The molecule has 3 nitrogen and oxygen atoms in total. The number of nitrogens with one attached hydrogen (secondary N) is 1. The number of nitrogens with zero attached hydrogens (tertiary/aromatic N) is 1. The van der Waals surface area contributed by atoms with Crippen LogP contribution in [0.4, 0.5) is 0 Å². The first kappa shape index (κ1) is 16.6. The number of thiazole rings is 1. The molecule has 19 heavy (non-hydrogen) atoms. The second-order valence-electron chi connectivity index (χ2n) is 6.16. The predicted octanol–water partition coefficient (Wildman–Crippen LogP) is 3.57. The molecule has 0 fully saturated rings. The maximum atomic E-state index is 5.64. The smallest absolute Gasteiger partial charge is 0.0900 e. The molecule has 0 spiro atoms. The average Bonchev–Trinajstić information content (AvgIpc) is 2.63. The van der Waals surface area contributed by atoms with Gasteiger partial charge in [-0.05, 0) is 58.5 Å². The molecule has 0 aliphatic rings. The number of hydrogen-bond donors (Lipinski definition) is 2. The topological polar surface area (TPSA) is 50.9 Å². The van der Waals surface area contributed by atoms with Crippen LogP contribution in [-0.4, -0.2) is 18.1 Å². The fourth-order valence-corrected chi connectivity index (χ4v) is 3.40. The van der Waals surface area contributed by atoms with Crippen LogP contribution < -0.4 is 11.1 Å². The third kappa shape index (κ3) is 5.59. The van der Waals surface area contributed by atoms with E-state index in [4.69, 9.17) is 5.73 Å². The molecule has 110 valence electrons. The molecule has 1 rings (SSSR count). The molecule has 1 heterocycles. The maximum absolute atomic E-state index is 5.64. The van der Waals surface area contributed by atoms with Crippen molar-refractivity contribution in [3.05, 3.63) is 15.6 Å². The second kappa shape index (κ2) is 7.36. The molecule has 0 saturated heterocycles. The monoisotopic (exact) mass is 283 g/mol. The lowest BCUT2D eigenvalue weighted by Gasteiger charge is -2.24. The van der Waals surface area contributed by atoms with Gasteiger partial charge in [-0.25, -0.2) is 4.98 Å². The van der Waals surface area contributed by atoms with E-state index in [0.29, 0.717) is 11.5 Å². The summed E-state index contributed by atoms with van der Waals surface area (Å²) in [5.41, 5.74) is 7.18. The van der Waals surface area contributed by atoms with Crippen molar-refractivity contribution in [3.8, 4) is 0 Å². The van der Waals surface area contributed by atoms with E-state index in [1.54, 1.807) is 11.3 Å². The molecule has 1 atom stereocenters. The molecule has 4 heteroatoms. The van der Waals surface area contributed by atoms with Crippen LogP contribution in [0.25, 0.3) is 0 Å². The van der Waals surface area contributed by atoms with Crippen LogP contribution >= 0.6 is 11.3 Å². The Morgan fingerprint density at radius 2 is 2.00 bits per heavy atom. The van der Waals surface area contributed by atoms with Crippen LogP contribution in [0.3, 0.4) is 0 Å². The quantitative estimate of drug-likeness (QED) is 0.717. The van der Waals surface area contributed by atoms with Crippen molar-refractivity contribution in [2.75, 3.05) is 13.1 Å². The molecule has 0 aromatic carbocycles. The molecule has 3 N–H and O–H groups in total. The highest BCUT2D eigenvalue weighted by molar-refractivity contribution is 7.11. The molecular weight excluding hydrogens is 254 g/mol. The minimum Gasteiger partial charge on any atom is -0.330 e. The standard InChI is InChI=1S/C15H29N3S/c1-11(14-12(2)18-13(3)19-14)17-10-6-7-15(4,5)8-9-16/h11,17H,6-10,16H2,1-5H3. The van der Waals surface area contributed by atoms with E-state index in [2.05, 4.69) is 44.9 Å². The van der Waals surface area contributed by atoms with E-state index in [-0.39, 0.29) is 0 Å². The first-order chi connectivity index (χ1) is 8.85. The van der Waals surface area contributed by atoms with Gasteiger partial charge in [0.25, 0.3) is 0 Å². The van der Waals surface area contributed by atoms with E-state index < -0.39 is 0 Å². The van der Waals surface area contributed by atoms with E-state index in [1.165, 1.54) is 23.4 Å². The molecule has 0 aliphatic heterocycles. The van der Waals surface area contributed by atoms with Crippen LogP contribution in [0.5, 0.6) is 0 Å². The summed E-state index contributed by atoms with van der Waals surface area (Å²) in [5, 5.41) is 4.76. The van der Waals surface area contributed by atoms with E-state index >= 15 is 0 Å². The predicted molar refractivity (Wildman–Crippen MR) is 84.7 cm³/mol. The largest absolute Gasteiger partial charge is 0.330 e. The SMILES string of the molecule is Cc1nc(C)c(C(C)NCCCC(C)(C)CCN)s1. The molecule has 1 aromatic heterocycles. The van der Waals surface area contributed by atoms with Crippen LogP contribution in [0.15, 0.2) is 0 Å². The Bertz CT molecular complexity index is 385. The molecule has 1 unspecified atom stereocenters. The highest BCUT2D eigenvalue weighted by atomic mass is 32.1. The summed E-state index contributed by atoms with van der Waals surface area (Å²) in [4.78, 5) is 5.86. The lowest BCUT2D eigenvalue weighted by molar-refractivity contribution is 0.300. The van der Waals surface area contributed by atoms with Gasteiger partial charge >= 0.3 is 0 Å². The van der Waals surface area contributed by atoms with Crippen LogP contribution in [-0.2, 0) is 0 Å². The first-order valence-electron chi connectivity index (χ1n) is 7.23. The van der Waals surface area contributed by atoms with Gasteiger partial charge in [-0.3, -0.25) is 0 Å². The Kier molecular flexibility index (Phi) is 6.43. The van der Waals surface area contributed by atoms with Gasteiger partial charge < -0.3 is 11.1 Å². The summed E-state index contributed by atoms with van der Waals surface area (Å²) in [5.74, 6) is 0. The number of aromatic nitrogens is 1. The zero-order chi connectivity index (χ0) is 14.5.